The van der Waals surface area contributed by atoms with Crippen molar-refractivity contribution in [2.75, 3.05) is 0 Å². The summed E-state index contributed by atoms with van der Waals surface area (Å²) >= 11 is 0. The third-order valence-electron chi connectivity index (χ3n) is 13.7. The Bertz CT molecular complexity index is 3750. The fourth-order valence-electron chi connectivity index (χ4n) is 10.6. The Balaban J connectivity index is 0.893. The van der Waals surface area contributed by atoms with Gasteiger partial charge in [-0.15, -0.1) is 0 Å². The Hall–Kier alpha value is -8.94. The molecular formula is C60H39BN4O2. The first kappa shape index (κ1) is 37.4. The standard InChI is InChI=1S/C60H39BN4O2/c1-5-25-53-45(13-1)49-21-9-17-41(57(49)62-53)35-29-36(42-18-10-22-50-46-14-2-6-26-54(46)63-58(42)50)32-39(31-35)66-61-67-40-33-37(43-19-11-23-51-47-15-3-7-27-55(47)64-59(43)51)30-38(34-40)44-20-12-24-52-48-16-4-8-28-56(48)65-60(44)52/h1-34,61-65H. The molecule has 6 nitrogen and oxygen atoms in total. The van der Waals surface area contributed by atoms with E-state index in [2.05, 4.69) is 226 Å². The van der Waals surface area contributed by atoms with Crippen LogP contribution in [0.3, 0.4) is 0 Å². The van der Waals surface area contributed by atoms with Crippen molar-refractivity contribution in [3.05, 3.63) is 206 Å². The highest BCUT2D eigenvalue weighted by molar-refractivity contribution is 6.21. The molecule has 4 aromatic heterocycles. The smallest absolute Gasteiger partial charge is 0.528 e. The number of hydrogen-bond acceptors (Lipinski definition) is 2. The summed E-state index contributed by atoms with van der Waals surface area (Å²) in [5.41, 5.74) is 17.3. The van der Waals surface area contributed by atoms with E-state index in [4.69, 9.17) is 9.31 Å². The first-order valence-corrected chi connectivity index (χ1v) is 22.7. The number of hydrogen-bond donors (Lipinski definition) is 4. The van der Waals surface area contributed by atoms with Crippen molar-refractivity contribution >= 4 is 94.9 Å². The van der Waals surface area contributed by atoms with Gasteiger partial charge in [-0.3, -0.25) is 0 Å². The number of fused-ring (bicyclic) bond motifs is 12. The molecule has 0 fully saturated rings. The summed E-state index contributed by atoms with van der Waals surface area (Å²) < 4.78 is 13.5. The van der Waals surface area contributed by atoms with Crippen molar-refractivity contribution in [3.8, 4) is 56.0 Å². The molecule has 0 saturated heterocycles. The van der Waals surface area contributed by atoms with Gasteiger partial charge in [0.05, 0.1) is 22.1 Å². The van der Waals surface area contributed by atoms with Crippen LogP contribution in [0.1, 0.15) is 0 Å². The van der Waals surface area contributed by atoms with E-state index in [1.165, 1.54) is 43.1 Å². The monoisotopic (exact) mass is 858 g/mol. The van der Waals surface area contributed by atoms with Crippen LogP contribution in [0, 0.1) is 0 Å². The summed E-state index contributed by atoms with van der Waals surface area (Å²) in [5, 5.41) is 9.54. The van der Waals surface area contributed by atoms with E-state index < -0.39 is 0 Å². The van der Waals surface area contributed by atoms with E-state index in [0.29, 0.717) is 11.5 Å². The van der Waals surface area contributed by atoms with Crippen molar-refractivity contribution in [1.29, 1.82) is 0 Å². The zero-order valence-corrected chi connectivity index (χ0v) is 36.2. The molecule has 314 valence electrons. The van der Waals surface area contributed by atoms with E-state index in [9.17, 15) is 0 Å². The van der Waals surface area contributed by atoms with Gasteiger partial charge in [0.2, 0.25) is 0 Å². The van der Waals surface area contributed by atoms with Crippen molar-refractivity contribution in [3.63, 3.8) is 0 Å². The van der Waals surface area contributed by atoms with Crippen LogP contribution in [0.15, 0.2) is 206 Å². The Morgan fingerprint density at radius 3 is 0.791 bits per heavy atom. The molecule has 0 atom stereocenters. The minimum absolute atomic E-state index is 0.00780. The summed E-state index contributed by atoms with van der Waals surface area (Å²) in [6.07, 6.45) is 0. The van der Waals surface area contributed by atoms with Crippen LogP contribution in [-0.2, 0) is 0 Å². The Kier molecular flexibility index (Phi) is 8.27. The molecule has 0 amide bonds. The topological polar surface area (TPSA) is 81.6 Å². The quantitative estimate of drug-likeness (QED) is 0.115. The second-order valence-electron chi connectivity index (χ2n) is 17.5. The lowest BCUT2D eigenvalue weighted by Gasteiger charge is -2.15. The van der Waals surface area contributed by atoms with Crippen molar-refractivity contribution < 1.29 is 9.31 Å². The normalized spacial score (nSPS) is 11.9. The number of para-hydroxylation sites is 8. The minimum atomic E-state index is -0.00780. The highest BCUT2D eigenvalue weighted by Crippen LogP contribution is 2.42. The van der Waals surface area contributed by atoms with Gasteiger partial charge in [-0.25, -0.2) is 0 Å². The van der Waals surface area contributed by atoms with Gasteiger partial charge in [0, 0.05) is 87.4 Å². The summed E-state index contributed by atoms with van der Waals surface area (Å²) in [4.78, 5) is 14.9. The highest BCUT2D eigenvalue weighted by atomic mass is 16.6. The molecule has 0 unspecified atom stereocenters. The third-order valence-corrected chi connectivity index (χ3v) is 13.7. The molecule has 0 aliphatic heterocycles. The first-order valence-electron chi connectivity index (χ1n) is 22.7. The third kappa shape index (κ3) is 6.05. The van der Waals surface area contributed by atoms with Crippen LogP contribution in [0.4, 0.5) is 0 Å². The maximum atomic E-state index is 6.73. The van der Waals surface area contributed by atoms with E-state index in [1.807, 2.05) is 0 Å². The predicted octanol–water partition coefficient (Wildman–Crippen LogP) is 15.6. The lowest BCUT2D eigenvalue weighted by molar-refractivity contribution is 0.459. The number of aromatic amines is 4. The summed E-state index contributed by atoms with van der Waals surface area (Å²) in [6, 6.07) is 73.1. The van der Waals surface area contributed by atoms with E-state index >= 15 is 0 Å². The molecule has 4 N–H and O–H groups in total. The van der Waals surface area contributed by atoms with Crippen molar-refractivity contribution in [2.24, 2.45) is 0 Å². The maximum Gasteiger partial charge on any atom is 0.576 e. The number of nitrogens with one attached hydrogen (secondary N) is 4. The molecule has 10 aromatic carbocycles. The molecule has 0 radical (unpaired) electrons. The van der Waals surface area contributed by atoms with Gasteiger partial charge in [0.15, 0.2) is 0 Å². The fourth-order valence-corrected chi connectivity index (χ4v) is 10.6. The maximum absolute atomic E-state index is 6.73. The van der Waals surface area contributed by atoms with E-state index in [0.717, 1.165) is 88.6 Å². The van der Waals surface area contributed by atoms with Crippen LogP contribution in [-0.4, -0.2) is 27.6 Å². The fraction of sp³-hybridized carbons (Fsp3) is 0. The van der Waals surface area contributed by atoms with E-state index in [-0.39, 0.29) is 7.69 Å². The SMILES string of the molecule is B(Oc1cc(-c2cccc3c2[nH]c2ccccc23)cc(-c2cccc3c2[nH]c2ccccc23)c1)Oc1cc(-c2cccc3c2[nH]c2ccccc23)cc(-c2cccc3c2[nH]c2ccccc23)c1. The molecule has 0 saturated carbocycles. The first-order chi connectivity index (χ1) is 33.2. The number of aromatic nitrogens is 4. The second-order valence-corrected chi connectivity index (χ2v) is 17.5. The molecule has 4 heterocycles. The average Bonchev–Trinajstić information content (AvgIpc) is 4.16. The molecule has 67 heavy (non-hydrogen) atoms. The van der Waals surface area contributed by atoms with Gasteiger partial charge < -0.3 is 29.2 Å². The van der Waals surface area contributed by atoms with Crippen molar-refractivity contribution in [1.82, 2.24) is 19.9 Å². The Labute approximate surface area is 384 Å². The largest absolute Gasteiger partial charge is 0.576 e. The van der Waals surface area contributed by atoms with Crippen LogP contribution >= 0.6 is 0 Å². The number of benzene rings is 10. The van der Waals surface area contributed by atoms with E-state index in [1.54, 1.807) is 0 Å². The molecule has 0 aliphatic carbocycles. The molecule has 0 bridgehead atoms. The summed E-state index contributed by atoms with van der Waals surface area (Å²) in [6.45, 7) is 0. The number of H-pyrrole nitrogens is 4. The average molecular weight is 859 g/mol. The van der Waals surface area contributed by atoms with Gasteiger partial charge in [0.25, 0.3) is 0 Å². The van der Waals surface area contributed by atoms with Crippen LogP contribution in [0.5, 0.6) is 11.5 Å². The molecule has 7 heteroatoms. The van der Waals surface area contributed by atoms with Gasteiger partial charge in [-0.1, -0.05) is 146 Å². The summed E-state index contributed by atoms with van der Waals surface area (Å²) in [5.74, 6) is 1.41. The molecule has 0 aliphatic rings. The van der Waals surface area contributed by atoms with Gasteiger partial charge in [-0.05, 0) is 82.9 Å². The zero-order chi connectivity index (χ0) is 44.0. The van der Waals surface area contributed by atoms with Crippen LogP contribution in [0.2, 0.25) is 0 Å². The minimum Gasteiger partial charge on any atom is -0.528 e. The lowest BCUT2D eigenvalue weighted by Crippen LogP contribution is -2.11. The van der Waals surface area contributed by atoms with Gasteiger partial charge in [0.1, 0.15) is 11.5 Å². The van der Waals surface area contributed by atoms with Crippen LogP contribution in [0.25, 0.3) is 132 Å². The second kappa shape index (κ2) is 14.8. The van der Waals surface area contributed by atoms with Crippen LogP contribution < -0.4 is 9.31 Å². The predicted molar refractivity (Wildman–Crippen MR) is 280 cm³/mol. The molecule has 14 aromatic rings. The Morgan fingerprint density at radius 2 is 0.507 bits per heavy atom. The number of rotatable bonds is 8. The molecule has 0 spiro atoms. The summed E-state index contributed by atoms with van der Waals surface area (Å²) in [7, 11) is -0.00780. The van der Waals surface area contributed by atoms with Gasteiger partial charge >= 0.3 is 7.69 Å². The molecule has 14 rings (SSSR count). The Morgan fingerprint density at radius 1 is 0.254 bits per heavy atom. The molecular weight excluding hydrogens is 819 g/mol. The highest BCUT2D eigenvalue weighted by Gasteiger charge is 2.18. The zero-order valence-electron chi connectivity index (χ0n) is 36.2. The van der Waals surface area contributed by atoms with Gasteiger partial charge in [-0.2, -0.15) is 0 Å². The lowest BCUT2D eigenvalue weighted by atomic mass is 9.95. The van der Waals surface area contributed by atoms with Crippen molar-refractivity contribution in [2.45, 2.75) is 0 Å².